The van der Waals surface area contributed by atoms with Crippen LogP contribution in [0, 0.1) is 5.41 Å². The molecule has 92 valence electrons. The first-order chi connectivity index (χ1) is 6.77. The summed E-state index contributed by atoms with van der Waals surface area (Å²) in [6, 6.07) is 0. The Balaban J connectivity index is 0. The van der Waals surface area contributed by atoms with Crippen LogP contribution in [-0.2, 0) is 0 Å². The van der Waals surface area contributed by atoms with Gasteiger partial charge in [-0.15, -0.1) is 0 Å². The van der Waals surface area contributed by atoms with Crippen molar-refractivity contribution >= 4 is 7.32 Å². The van der Waals surface area contributed by atoms with Gasteiger partial charge in [0.2, 0.25) is 0 Å². The van der Waals surface area contributed by atoms with Crippen molar-refractivity contribution in [3.05, 3.63) is 0 Å². The Morgan fingerprint density at radius 1 is 1.20 bits per heavy atom. The first kappa shape index (κ1) is 17.3. The van der Waals surface area contributed by atoms with E-state index in [1.54, 1.807) is 0 Å². The number of unbranched alkanes of at least 4 members (excludes halogenated alkanes) is 1. The van der Waals surface area contributed by atoms with Gasteiger partial charge >= 0.3 is 7.32 Å². The Hall–Kier alpha value is -0.135. The third-order valence-electron chi connectivity index (χ3n) is 2.14. The van der Waals surface area contributed by atoms with Crippen molar-refractivity contribution in [3.8, 4) is 0 Å². The summed E-state index contributed by atoms with van der Waals surface area (Å²) in [5, 5.41) is 40.0. The van der Waals surface area contributed by atoms with Gasteiger partial charge in [0.25, 0.3) is 0 Å². The molecule has 0 saturated carbocycles. The van der Waals surface area contributed by atoms with Crippen LogP contribution in [0.3, 0.4) is 0 Å². The third-order valence-corrected chi connectivity index (χ3v) is 2.14. The van der Waals surface area contributed by atoms with E-state index in [4.69, 9.17) is 20.2 Å². The van der Waals surface area contributed by atoms with Crippen molar-refractivity contribution in [2.75, 3.05) is 6.61 Å². The second-order valence-corrected chi connectivity index (χ2v) is 4.15. The van der Waals surface area contributed by atoms with Crippen LogP contribution in [-0.4, -0.2) is 45.3 Å². The van der Waals surface area contributed by atoms with Gasteiger partial charge in [0.1, 0.15) is 0 Å². The van der Waals surface area contributed by atoms with E-state index in [0.717, 1.165) is 19.3 Å². The van der Waals surface area contributed by atoms with Crippen LogP contribution in [0.15, 0.2) is 0 Å². The van der Waals surface area contributed by atoms with Crippen LogP contribution >= 0.6 is 0 Å². The van der Waals surface area contributed by atoms with Crippen molar-refractivity contribution < 1.29 is 25.3 Å². The van der Waals surface area contributed by atoms with Gasteiger partial charge < -0.3 is 25.3 Å². The van der Waals surface area contributed by atoms with E-state index in [-0.39, 0.29) is 18.1 Å². The molecule has 5 N–H and O–H groups in total. The zero-order chi connectivity index (χ0) is 12.5. The Bertz CT molecular complexity index is 138. The molecule has 0 aliphatic carbocycles. The van der Waals surface area contributed by atoms with Gasteiger partial charge in [0.05, 0.1) is 12.7 Å². The third kappa shape index (κ3) is 11.8. The monoisotopic (exact) mass is 222 g/mol. The van der Waals surface area contributed by atoms with Gasteiger partial charge in [-0.05, 0) is 6.42 Å². The maximum Gasteiger partial charge on any atom is 0.631 e. The van der Waals surface area contributed by atoms with Gasteiger partial charge in [-0.3, -0.25) is 0 Å². The minimum atomic E-state index is -2.17. The highest BCUT2D eigenvalue weighted by molar-refractivity contribution is 6.30. The summed E-state index contributed by atoms with van der Waals surface area (Å²) < 4.78 is 0. The van der Waals surface area contributed by atoms with Crippen LogP contribution in [0.25, 0.3) is 0 Å². The van der Waals surface area contributed by atoms with E-state index in [1.165, 1.54) is 0 Å². The molecule has 0 rings (SSSR count). The molecule has 6 heteroatoms. The van der Waals surface area contributed by atoms with Crippen molar-refractivity contribution in [1.82, 2.24) is 0 Å². The summed E-state index contributed by atoms with van der Waals surface area (Å²) in [4.78, 5) is 0. The number of hydrogen-bond acceptors (Lipinski definition) is 5. The molecule has 0 amide bonds. The lowest BCUT2D eigenvalue weighted by molar-refractivity contribution is 0.00170. The predicted octanol–water partition coefficient (Wildman–Crippen LogP) is -0.496. The lowest BCUT2D eigenvalue weighted by Gasteiger charge is -2.28. The minimum Gasteiger partial charge on any atom is -0.402 e. The average molecular weight is 222 g/mol. The highest BCUT2D eigenvalue weighted by atomic mass is 16.5. The number of aliphatic hydroxyl groups excluding tert-OH is 2. The van der Waals surface area contributed by atoms with Crippen molar-refractivity contribution in [2.45, 2.75) is 46.1 Å². The summed E-state index contributed by atoms with van der Waals surface area (Å²) in [7, 11) is -2.17. The highest BCUT2D eigenvalue weighted by Crippen LogP contribution is 2.23. The van der Waals surface area contributed by atoms with Gasteiger partial charge in [0.15, 0.2) is 0 Å². The summed E-state index contributed by atoms with van der Waals surface area (Å²) >= 11 is 0. The topological polar surface area (TPSA) is 101 Å². The lowest BCUT2D eigenvalue weighted by Crippen LogP contribution is -2.32. The summed E-state index contributed by atoms with van der Waals surface area (Å²) in [5.41, 5.74) is -0.338. The quantitative estimate of drug-likeness (QED) is 0.404. The molecule has 0 aliphatic rings. The van der Waals surface area contributed by atoms with Crippen molar-refractivity contribution in [2.24, 2.45) is 5.41 Å². The molecule has 0 aliphatic heterocycles. The van der Waals surface area contributed by atoms with Gasteiger partial charge in [-0.1, -0.05) is 33.6 Å². The average Bonchev–Trinajstić information content (AvgIpc) is 2.13. The molecule has 0 aromatic rings. The van der Waals surface area contributed by atoms with Gasteiger partial charge in [-0.2, -0.15) is 0 Å². The van der Waals surface area contributed by atoms with Crippen LogP contribution in [0.4, 0.5) is 0 Å². The van der Waals surface area contributed by atoms with Crippen LogP contribution in [0.5, 0.6) is 0 Å². The maximum atomic E-state index is 9.55. The van der Waals surface area contributed by atoms with E-state index in [0.29, 0.717) is 0 Å². The standard InChI is InChI=1S/C9H20O2.BH3O3/c1-4-5-6-8(11)9(2,3)7-10;2-1(3)4/h8,10-11H,4-7H2,1-3H3;2-4H. The fraction of sp³-hybridized carbons (Fsp3) is 1.00. The Labute approximate surface area is 91.6 Å². The fourth-order valence-electron chi connectivity index (χ4n) is 0.894. The van der Waals surface area contributed by atoms with Crippen LogP contribution in [0.1, 0.15) is 40.0 Å². The fourth-order valence-corrected chi connectivity index (χ4v) is 0.894. The van der Waals surface area contributed by atoms with E-state index in [9.17, 15) is 5.11 Å². The van der Waals surface area contributed by atoms with E-state index in [1.807, 2.05) is 13.8 Å². The smallest absolute Gasteiger partial charge is 0.402 e. The maximum absolute atomic E-state index is 9.55. The normalized spacial score (nSPS) is 12.8. The second kappa shape index (κ2) is 9.12. The Kier molecular flexibility index (Phi) is 10.5. The second-order valence-electron chi connectivity index (χ2n) is 4.15. The molecule has 0 bridgehead atoms. The SMILES string of the molecule is CCCCC(O)C(C)(C)CO.OB(O)O. The van der Waals surface area contributed by atoms with Crippen LogP contribution < -0.4 is 0 Å². The zero-order valence-corrected chi connectivity index (χ0v) is 9.72. The summed E-state index contributed by atoms with van der Waals surface area (Å²) in [6.07, 6.45) is 2.56. The zero-order valence-electron chi connectivity index (χ0n) is 9.72. The van der Waals surface area contributed by atoms with Gasteiger partial charge in [0, 0.05) is 5.41 Å². The molecule has 0 spiro atoms. The minimum absolute atomic E-state index is 0.0535. The predicted molar refractivity (Wildman–Crippen MR) is 58.8 cm³/mol. The summed E-state index contributed by atoms with van der Waals surface area (Å²) in [5.74, 6) is 0. The van der Waals surface area contributed by atoms with E-state index < -0.39 is 7.32 Å². The van der Waals surface area contributed by atoms with Crippen molar-refractivity contribution in [1.29, 1.82) is 0 Å². The molecule has 0 fully saturated rings. The molecule has 0 saturated heterocycles. The van der Waals surface area contributed by atoms with Crippen LogP contribution in [0.2, 0.25) is 0 Å². The molecule has 0 heterocycles. The molecular weight excluding hydrogens is 199 g/mol. The van der Waals surface area contributed by atoms with E-state index in [2.05, 4.69) is 6.92 Å². The Morgan fingerprint density at radius 2 is 1.60 bits per heavy atom. The molecule has 0 radical (unpaired) electrons. The molecule has 0 aromatic heterocycles. The number of hydrogen-bond donors (Lipinski definition) is 5. The molecule has 5 nitrogen and oxygen atoms in total. The number of rotatable bonds is 5. The molecule has 0 aromatic carbocycles. The first-order valence-electron chi connectivity index (χ1n) is 5.11. The molecule has 1 atom stereocenters. The highest BCUT2D eigenvalue weighted by Gasteiger charge is 2.25. The molecular formula is C9H23BO5. The van der Waals surface area contributed by atoms with Crippen molar-refractivity contribution in [3.63, 3.8) is 0 Å². The van der Waals surface area contributed by atoms with E-state index >= 15 is 0 Å². The molecule has 15 heavy (non-hydrogen) atoms. The number of aliphatic hydroxyl groups is 2. The summed E-state index contributed by atoms with van der Waals surface area (Å²) in [6.45, 7) is 5.91. The molecule has 1 unspecified atom stereocenters. The first-order valence-corrected chi connectivity index (χ1v) is 5.11. The largest absolute Gasteiger partial charge is 0.631 e. The Morgan fingerprint density at radius 3 is 1.87 bits per heavy atom. The lowest BCUT2D eigenvalue weighted by atomic mass is 9.85. The van der Waals surface area contributed by atoms with Gasteiger partial charge in [-0.25, -0.2) is 0 Å².